The Morgan fingerprint density at radius 3 is 2.83 bits per heavy atom. The number of sulfonamides is 1. The quantitative estimate of drug-likeness (QED) is 0.587. The fourth-order valence-corrected chi connectivity index (χ4v) is 4.46. The number of carbonyl (C=O) groups excluding carboxylic acids is 1. The van der Waals surface area contributed by atoms with Gasteiger partial charge in [-0.2, -0.15) is 10.2 Å². The van der Waals surface area contributed by atoms with E-state index >= 15 is 0 Å². The van der Waals surface area contributed by atoms with Gasteiger partial charge in [-0.15, -0.1) is 12.3 Å². The summed E-state index contributed by atoms with van der Waals surface area (Å²) in [6.45, 7) is 2.84. The summed E-state index contributed by atoms with van der Waals surface area (Å²) in [7, 11) is -3.98. The zero-order chi connectivity index (χ0) is 20.9. The lowest BCUT2D eigenvalue weighted by molar-refractivity contribution is -0.119. The molecule has 1 unspecified atom stereocenters. The number of carbonyl (C=O) groups is 1. The highest BCUT2D eigenvalue weighted by Crippen LogP contribution is 2.37. The first-order valence-electron chi connectivity index (χ1n) is 9.62. The summed E-state index contributed by atoms with van der Waals surface area (Å²) in [6, 6.07) is 4.66. The Morgan fingerprint density at radius 1 is 1.41 bits per heavy atom. The molecule has 29 heavy (non-hydrogen) atoms. The Morgan fingerprint density at radius 2 is 2.21 bits per heavy atom. The first-order chi connectivity index (χ1) is 13.8. The Bertz CT molecular complexity index is 924. The predicted molar refractivity (Wildman–Crippen MR) is 106 cm³/mol. The van der Waals surface area contributed by atoms with Crippen LogP contribution in [0, 0.1) is 19.3 Å². The van der Waals surface area contributed by atoms with E-state index in [9.17, 15) is 13.2 Å². The first-order valence-corrected chi connectivity index (χ1v) is 11.1. The van der Waals surface area contributed by atoms with E-state index in [0.29, 0.717) is 37.2 Å². The summed E-state index contributed by atoms with van der Waals surface area (Å²) in [6.07, 6.45) is 8.71. The molecule has 0 saturated carbocycles. The lowest BCUT2D eigenvalue weighted by Gasteiger charge is -2.14. The van der Waals surface area contributed by atoms with E-state index in [-0.39, 0.29) is 17.4 Å². The van der Waals surface area contributed by atoms with Gasteiger partial charge >= 0.3 is 0 Å². The van der Waals surface area contributed by atoms with Crippen LogP contribution in [0.3, 0.4) is 0 Å². The van der Waals surface area contributed by atoms with E-state index in [1.807, 2.05) is 0 Å². The number of hydrogen-bond donors (Lipinski definition) is 1. The third kappa shape index (κ3) is 5.78. The van der Waals surface area contributed by atoms with Gasteiger partial charge in [0, 0.05) is 32.3 Å². The third-order valence-corrected chi connectivity index (χ3v) is 6.48. The van der Waals surface area contributed by atoms with Crippen LogP contribution < -0.4 is 9.46 Å². The van der Waals surface area contributed by atoms with Gasteiger partial charge in [0.2, 0.25) is 5.91 Å². The van der Waals surface area contributed by atoms with Gasteiger partial charge in [0.25, 0.3) is 10.0 Å². The zero-order valence-corrected chi connectivity index (χ0v) is 17.2. The van der Waals surface area contributed by atoms with Gasteiger partial charge < -0.3 is 9.47 Å². The van der Waals surface area contributed by atoms with Crippen LogP contribution in [0.4, 0.5) is 0 Å². The number of hydrogen-bond acceptors (Lipinski definition) is 7. The molecule has 1 aromatic carbocycles. The van der Waals surface area contributed by atoms with Crippen molar-refractivity contribution in [3.8, 4) is 18.1 Å². The van der Waals surface area contributed by atoms with E-state index in [4.69, 9.17) is 15.9 Å². The molecule has 156 valence electrons. The number of nitrogens with zero attached hydrogens (tertiary/aromatic N) is 2. The van der Waals surface area contributed by atoms with Crippen molar-refractivity contribution in [2.24, 2.45) is 10.2 Å². The van der Waals surface area contributed by atoms with E-state index in [1.165, 1.54) is 6.07 Å². The second kappa shape index (κ2) is 8.93. The largest absolute Gasteiger partial charge is 0.491 e. The maximum atomic E-state index is 12.6. The molecular formula is C20H25N3O5S. The van der Waals surface area contributed by atoms with Gasteiger partial charge in [0.15, 0.2) is 5.66 Å². The lowest BCUT2D eigenvalue weighted by atomic mass is 10.0. The topological polar surface area (TPSA) is 106 Å². The SMILES string of the molecule is C#CCCC1(CCC(=O)NS(=O)(=O)c2ccc(OCC3CCCO3)cc2C)N=N1. The normalized spacial score (nSPS) is 19.5. The molecule has 3 rings (SSSR count). The number of aryl methyl sites for hydroxylation is 1. The minimum absolute atomic E-state index is 0.00156. The van der Waals surface area contributed by atoms with Crippen molar-refractivity contribution in [1.29, 1.82) is 0 Å². The Balaban J connectivity index is 1.54. The Labute approximate surface area is 171 Å². The fourth-order valence-electron chi connectivity index (χ4n) is 3.22. The second-order valence-corrected chi connectivity index (χ2v) is 8.94. The number of nitrogens with one attached hydrogen (secondary N) is 1. The first kappa shape index (κ1) is 21.3. The number of ether oxygens (including phenoxy) is 2. The standard InChI is InChI=1S/C20H25N3O5S/c1-3-4-10-20(22-23-20)11-9-19(24)21-29(25,26)18-8-7-16(13-15(18)2)28-14-17-6-5-12-27-17/h1,7-8,13,17H,4-6,9-12,14H2,2H3,(H,21,24). The summed E-state index contributed by atoms with van der Waals surface area (Å²) >= 11 is 0. The van der Waals surface area contributed by atoms with Crippen LogP contribution in [0.25, 0.3) is 0 Å². The monoisotopic (exact) mass is 419 g/mol. The molecule has 1 fully saturated rings. The predicted octanol–water partition coefficient (Wildman–Crippen LogP) is 2.71. The van der Waals surface area contributed by atoms with Gasteiger partial charge in [-0.05, 0) is 43.5 Å². The molecule has 0 aliphatic carbocycles. The van der Waals surface area contributed by atoms with Crippen LogP contribution in [0.15, 0.2) is 33.3 Å². The summed E-state index contributed by atoms with van der Waals surface area (Å²) < 4.78 is 38.5. The van der Waals surface area contributed by atoms with Crippen LogP contribution in [0.1, 0.15) is 44.1 Å². The molecule has 2 aliphatic heterocycles. The highest BCUT2D eigenvalue weighted by Gasteiger charge is 2.39. The molecule has 1 atom stereocenters. The van der Waals surface area contributed by atoms with Gasteiger partial charge in [-0.3, -0.25) is 4.79 Å². The van der Waals surface area contributed by atoms with E-state index in [2.05, 4.69) is 20.9 Å². The van der Waals surface area contributed by atoms with Crippen molar-refractivity contribution < 1.29 is 22.7 Å². The maximum Gasteiger partial charge on any atom is 0.264 e. The molecule has 1 aromatic rings. The van der Waals surface area contributed by atoms with Crippen molar-refractivity contribution in [3.63, 3.8) is 0 Å². The second-order valence-electron chi connectivity index (χ2n) is 7.29. The Hall–Kier alpha value is -2.44. The molecule has 9 heteroatoms. The summed E-state index contributed by atoms with van der Waals surface area (Å²) in [5.74, 6) is 2.48. The molecule has 8 nitrogen and oxygen atoms in total. The van der Waals surface area contributed by atoms with E-state index in [0.717, 1.165) is 19.4 Å². The molecule has 1 N–H and O–H groups in total. The van der Waals surface area contributed by atoms with Crippen molar-refractivity contribution in [3.05, 3.63) is 23.8 Å². The number of benzene rings is 1. The lowest BCUT2D eigenvalue weighted by Crippen LogP contribution is -2.31. The van der Waals surface area contributed by atoms with Crippen LogP contribution in [0.5, 0.6) is 5.75 Å². The highest BCUT2D eigenvalue weighted by molar-refractivity contribution is 7.90. The summed E-state index contributed by atoms with van der Waals surface area (Å²) in [4.78, 5) is 12.2. The van der Waals surface area contributed by atoms with Crippen molar-refractivity contribution >= 4 is 15.9 Å². The molecule has 0 aromatic heterocycles. The van der Waals surface area contributed by atoms with Crippen molar-refractivity contribution in [2.45, 2.75) is 62.1 Å². The molecule has 1 saturated heterocycles. The molecule has 2 heterocycles. The molecule has 0 radical (unpaired) electrons. The average molecular weight is 420 g/mol. The smallest absolute Gasteiger partial charge is 0.264 e. The summed E-state index contributed by atoms with van der Waals surface area (Å²) in [5.41, 5.74) is -0.126. The van der Waals surface area contributed by atoms with Crippen molar-refractivity contribution in [1.82, 2.24) is 4.72 Å². The van der Waals surface area contributed by atoms with Crippen LogP contribution in [-0.4, -0.2) is 39.3 Å². The van der Waals surface area contributed by atoms with Gasteiger partial charge in [-0.1, -0.05) is 0 Å². The third-order valence-electron chi connectivity index (χ3n) is 4.95. The minimum Gasteiger partial charge on any atom is -0.491 e. The van der Waals surface area contributed by atoms with Crippen LogP contribution >= 0.6 is 0 Å². The summed E-state index contributed by atoms with van der Waals surface area (Å²) in [5, 5.41) is 7.89. The van der Waals surface area contributed by atoms with Crippen molar-refractivity contribution in [2.75, 3.05) is 13.2 Å². The fraction of sp³-hybridized carbons (Fsp3) is 0.550. The average Bonchev–Trinajstić information content (AvgIpc) is 3.25. The number of amides is 1. The van der Waals surface area contributed by atoms with E-state index in [1.54, 1.807) is 19.1 Å². The minimum atomic E-state index is -3.98. The number of rotatable bonds is 10. The molecule has 0 bridgehead atoms. The van der Waals surface area contributed by atoms with E-state index < -0.39 is 21.6 Å². The molecule has 2 aliphatic rings. The van der Waals surface area contributed by atoms with Crippen LogP contribution in [0.2, 0.25) is 0 Å². The Kier molecular flexibility index (Phi) is 6.55. The molecule has 1 amide bonds. The van der Waals surface area contributed by atoms with Gasteiger partial charge in [0.05, 0.1) is 11.0 Å². The zero-order valence-electron chi connectivity index (χ0n) is 16.4. The van der Waals surface area contributed by atoms with Gasteiger partial charge in [0.1, 0.15) is 12.4 Å². The highest BCUT2D eigenvalue weighted by atomic mass is 32.2. The van der Waals surface area contributed by atoms with Crippen LogP contribution in [-0.2, 0) is 19.6 Å². The number of terminal acetylenes is 1. The van der Waals surface area contributed by atoms with Gasteiger partial charge in [-0.25, -0.2) is 13.1 Å². The maximum absolute atomic E-state index is 12.6. The molecule has 0 spiro atoms. The molecular weight excluding hydrogens is 394 g/mol.